The van der Waals surface area contributed by atoms with Gasteiger partial charge in [0.2, 0.25) is 11.8 Å². The number of para-hydroxylation sites is 1. The average Bonchev–Trinajstić information content (AvgIpc) is 3.04. The van der Waals surface area contributed by atoms with Gasteiger partial charge in [0.1, 0.15) is 6.54 Å². The van der Waals surface area contributed by atoms with Crippen LogP contribution in [0.1, 0.15) is 57.8 Å². The fourth-order valence-electron chi connectivity index (χ4n) is 5.26. The average molecular weight is 427 g/mol. The first-order valence-corrected chi connectivity index (χ1v) is 11.4. The second kappa shape index (κ2) is 9.62. The van der Waals surface area contributed by atoms with Crippen LogP contribution >= 0.6 is 0 Å². The Morgan fingerprint density at radius 3 is 2.06 bits per heavy atom. The SMILES string of the molecule is O=C(CN1C(=O)[C@H]2CCCC[C@H]2C1=O)OCC(=O)N(c1ccccc1)C1CCCCC1. The van der Waals surface area contributed by atoms with Gasteiger partial charge in [-0.25, -0.2) is 0 Å². The third kappa shape index (κ3) is 4.65. The molecule has 2 atom stereocenters. The Morgan fingerprint density at radius 2 is 1.45 bits per heavy atom. The topological polar surface area (TPSA) is 84.0 Å². The first-order chi connectivity index (χ1) is 15.1. The molecule has 3 amide bonds. The molecular formula is C24H30N2O5. The third-order valence-corrected chi connectivity index (χ3v) is 6.82. The van der Waals surface area contributed by atoms with Gasteiger partial charge in [-0.15, -0.1) is 0 Å². The van der Waals surface area contributed by atoms with Gasteiger partial charge in [0.25, 0.3) is 5.91 Å². The number of benzene rings is 1. The summed E-state index contributed by atoms with van der Waals surface area (Å²) in [5.41, 5.74) is 0.796. The highest BCUT2D eigenvalue weighted by molar-refractivity contribution is 6.07. The number of ether oxygens (including phenoxy) is 1. The van der Waals surface area contributed by atoms with E-state index in [0.717, 1.165) is 49.1 Å². The monoisotopic (exact) mass is 426 g/mol. The summed E-state index contributed by atoms with van der Waals surface area (Å²) in [5.74, 6) is -2.13. The zero-order chi connectivity index (χ0) is 21.8. The molecule has 0 spiro atoms. The highest BCUT2D eigenvalue weighted by Gasteiger charge is 2.48. The van der Waals surface area contributed by atoms with E-state index in [4.69, 9.17) is 4.74 Å². The van der Waals surface area contributed by atoms with E-state index in [-0.39, 0.29) is 35.6 Å². The van der Waals surface area contributed by atoms with Crippen molar-refractivity contribution in [1.29, 1.82) is 0 Å². The molecule has 31 heavy (non-hydrogen) atoms. The van der Waals surface area contributed by atoms with Crippen molar-refractivity contribution in [3.8, 4) is 0 Å². The molecule has 0 bridgehead atoms. The number of amides is 3. The lowest BCUT2D eigenvalue weighted by Gasteiger charge is -2.34. The maximum Gasteiger partial charge on any atom is 0.326 e. The number of rotatable bonds is 6. The number of anilines is 1. The van der Waals surface area contributed by atoms with Crippen LogP contribution in [-0.4, -0.2) is 47.8 Å². The van der Waals surface area contributed by atoms with E-state index in [1.165, 1.54) is 6.42 Å². The number of imide groups is 1. The van der Waals surface area contributed by atoms with Crippen molar-refractivity contribution in [2.45, 2.75) is 63.8 Å². The molecule has 1 aromatic rings. The molecule has 1 aromatic carbocycles. The zero-order valence-electron chi connectivity index (χ0n) is 17.8. The summed E-state index contributed by atoms with van der Waals surface area (Å²) in [6.07, 6.45) is 8.43. The van der Waals surface area contributed by atoms with E-state index in [1.807, 2.05) is 30.3 Å². The molecule has 0 aromatic heterocycles. The van der Waals surface area contributed by atoms with Gasteiger partial charge in [-0.3, -0.25) is 24.1 Å². The minimum Gasteiger partial charge on any atom is -0.454 e. The molecule has 7 nitrogen and oxygen atoms in total. The van der Waals surface area contributed by atoms with E-state index in [2.05, 4.69) is 0 Å². The number of hydrogen-bond donors (Lipinski definition) is 0. The summed E-state index contributed by atoms with van der Waals surface area (Å²) >= 11 is 0. The predicted octanol–water partition coefficient (Wildman–Crippen LogP) is 3.07. The van der Waals surface area contributed by atoms with Crippen molar-refractivity contribution in [2.75, 3.05) is 18.1 Å². The molecule has 3 aliphatic rings. The molecule has 2 saturated carbocycles. The molecule has 2 aliphatic carbocycles. The minimum absolute atomic E-state index is 0.0900. The molecule has 3 fully saturated rings. The third-order valence-electron chi connectivity index (χ3n) is 6.82. The van der Waals surface area contributed by atoms with Crippen LogP contribution < -0.4 is 4.90 Å². The number of nitrogens with zero attached hydrogens (tertiary/aromatic N) is 2. The zero-order valence-corrected chi connectivity index (χ0v) is 17.8. The van der Waals surface area contributed by atoms with E-state index >= 15 is 0 Å². The van der Waals surface area contributed by atoms with Crippen molar-refractivity contribution < 1.29 is 23.9 Å². The van der Waals surface area contributed by atoms with Gasteiger partial charge in [0.15, 0.2) is 6.61 Å². The Labute approximate surface area is 182 Å². The maximum atomic E-state index is 13.0. The lowest BCUT2D eigenvalue weighted by molar-refractivity contribution is -0.154. The summed E-state index contributed by atoms with van der Waals surface area (Å²) < 4.78 is 5.23. The van der Waals surface area contributed by atoms with Crippen LogP contribution in [-0.2, 0) is 23.9 Å². The second-order valence-electron chi connectivity index (χ2n) is 8.81. The van der Waals surface area contributed by atoms with Gasteiger partial charge in [-0.1, -0.05) is 50.3 Å². The predicted molar refractivity (Wildman–Crippen MR) is 114 cm³/mol. The molecule has 1 saturated heterocycles. The Morgan fingerprint density at radius 1 is 0.871 bits per heavy atom. The summed E-state index contributed by atoms with van der Waals surface area (Å²) in [6.45, 7) is -0.806. The molecule has 0 unspecified atom stereocenters. The number of esters is 1. The Kier molecular flexibility index (Phi) is 6.68. The lowest BCUT2D eigenvalue weighted by Crippen LogP contribution is -2.44. The normalized spacial score (nSPS) is 24.1. The van der Waals surface area contributed by atoms with Gasteiger partial charge >= 0.3 is 5.97 Å². The van der Waals surface area contributed by atoms with Crippen molar-refractivity contribution >= 4 is 29.4 Å². The molecule has 1 aliphatic heterocycles. The summed E-state index contributed by atoms with van der Waals surface area (Å²) in [5, 5.41) is 0. The fourth-order valence-corrected chi connectivity index (χ4v) is 5.26. The van der Waals surface area contributed by atoms with Crippen LogP contribution in [0.2, 0.25) is 0 Å². The second-order valence-corrected chi connectivity index (χ2v) is 8.81. The first kappa shape index (κ1) is 21.5. The highest BCUT2D eigenvalue weighted by Crippen LogP contribution is 2.37. The van der Waals surface area contributed by atoms with Crippen LogP contribution in [0, 0.1) is 11.8 Å². The lowest BCUT2D eigenvalue weighted by atomic mass is 9.81. The Hall–Kier alpha value is -2.70. The molecule has 166 valence electrons. The molecule has 0 N–H and O–H groups in total. The van der Waals surface area contributed by atoms with Crippen LogP contribution in [0.25, 0.3) is 0 Å². The summed E-state index contributed by atoms with van der Waals surface area (Å²) in [6, 6.07) is 9.53. The van der Waals surface area contributed by atoms with Crippen molar-refractivity contribution in [1.82, 2.24) is 4.90 Å². The fraction of sp³-hybridized carbons (Fsp3) is 0.583. The van der Waals surface area contributed by atoms with Gasteiger partial charge in [-0.2, -0.15) is 0 Å². The standard InChI is InChI=1S/C24H30N2O5/c27-21(26(17-9-3-1-4-10-17)18-11-5-2-6-12-18)16-31-22(28)15-25-23(29)19-13-7-8-14-20(19)24(25)30/h1,3-4,9-10,18-20H,2,5-8,11-16H2/t19-,20+. The smallest absolute Gasteiger partial charge is 0.326 e. The van der Waals surface area contributed by atoms with Crippen molar-refractivity contribution in [3.63, 3.8) is 0 Å². The molecule has 1 heterocycles. The van der Waals surface area contributed by atoms with Crippen LogP contribution in [0.15, 0.2) is 30.3 Å². The number of carbonyl (C=O) groups is 4. The number of likely N-dealkylation sites (tertiary alicyclic amines) is 1. The number of hydrogen-bond acceptors (Lipinski definition) is 5. The largest absolute Gasteiger partial charge is 0.454 e. The minimum atomic E-state index is -0.717. The number of fused-ring (bicyclic) bond motifs is 1. The first-order valence-electron chi connectivity index (χ1n) is 11.4. The summed E-state index contributed by atoms with van der Waals surface area (Å²) in [7, 11) is 0. The van der Waals surface area contributed by atoms with Gasteiger partial charge < -0.3 is 9.64 Å². The van der Waals surface area contributed by atoms with Crippen LogP contribution in [0.4, 0.5) is 5.69 Å². The van der Waals surface area contributed by atoms with Crippen molar-refractivity contribution in [2.24, 2.45) is 11.8 Å². The Bertz CT molecular complexity index is 810. The summed E-state index contributed by atoms with van der Waals surface area (Å²) in [4.78, 5) is 53.3. The van der Waals surface area contributed by atoms with Gasteiger partial charge in [-0.05, 0) is 37.8 Å². The van der Waals surface area contributed by atoms with E-state index in [0.29, 0.717) is 12.8 Å². The van der Waals surface area contributed by atoms with E-state index in [9.17, 15) is 19.2 Å². The van der Waals surface area contributed by atoms with E-state index < -0.39 is 19.1 Å². The Balaban J connectivity index is 1.36. The van der Waals surface area contributed by atoms with Gasteiger partial charge in [0.05, 0.1) is 11.8 Å². The van der Waals surface area contributed by atoms with Crippen LogP contribution in [0.3, 0.4) is 0 Å². The molecular weight excluding hydrogens is 396 g/mol. The van der Waals surface area contributed by atoms with Crippen molar-refractivity contribution in [3.05, 3.63) is 30.3 Å². The number of carbonyl (C=O) groups excluding carboxylic acids is 4. The van der Waals surface area contributed by atoms with Crippen LogP contribution in [0.5, 0.6) is 0 Å². The quantitative estimate of drug-likeness (QED) is 0.516. The maximum absolute atomic E-state index is 13.0. The molecule has 7 heteroatoms. The van der Waals surface area contributed by atoms with E-state index in [1.54, 1.807) is 4.90 Å². The highest BCUT2D eigenvalue weighted by atomic mass is 16.5. The molecule has 0 radical (unpaired) electrons. The molecule has 4 rings (SSSR count). The van der Waals surface area contributed by atoms with Gasteiger partial charge in [0, 0.05) is 11.7 Å².